The van der Waals surface area contributed by atoms with Crippen molar-refractivity contribution in [3.05, 3.63) is 86.8 Å². The molecular formula is C22H22ClN3O3. The maximum absolute atomic E-state index is 13.1. The summed E-state index contributed by atoms with van der Waals surface area (Å²) in [5.41, 5.74) is 3.01. The highest BCUT2D eigenvalue weighted by molar-refractivity contribution is 6.30. The summed E-state index contributed by atoms with van der Waals surface area (Å²) in [6.45, 7) is 2.30. The average molecular weight is 412 g/mol. The lowest BCUT2D eigenvalue weighted by Crippen LogP contribution is -2.20. The van der Waals surface area contributed by atoms with E-state index < -0.39 is 5.97 Å². The first-order valence-electron chi connectivity index (χ1n) is 9.21. The number of H-pyrrole nitrogens is 1. The Morgan fingerprint density at radius 2 is 1.83 bits per heavy atom. The first-order valence-corrected chi connectivity index (χ1v) is 9.59. The molecular weight excluding hydrogens is 390 g/mol. The van der Waals surface area contributed by atoms with E-state index in [2.05, 4.69) is 10.1 Å². The number of aromatic amines is 1. The molecule has 1 N–H and O–H groups in total. The molecule has 0 spiro atoms. The van der Waals surface area contributed by atoms with Crippen LogP contribution in [0.4, 0.5) is 0 Å². The normalized spacial score (nSPS) is 11.5. The van der Waals surface area contributed by atoms with Crippen LogP contribution < -0.4 is 5.56 Å². The molecule has 7 heteroatoms. The highest BCUT2D eigenvalue weighted by Gasteiger charge is 2.20. The van der Waals surface area contributed by atoms with Gasteiger partial charge in [0.15, 0.2) is 0 Å². The molecule has 0 fully saturated rings. The average Bonchev–Trinajstić information content (AvgIpc) is 3.05. The fourth-order valence-corrected chi connectivity index (χ4v) is 3.17. The molecule has 6 nitrogen and oxygen atoms in total. The number of carbonyl (C=O) groups is 1. The number of hydrogen-bond acceptors (Lipinski definition) is 4. The van der Waals surface area contributed by atoms with Gasteiger partial charge in [0.25, 0.3) is 5.56 Å². The molecule has 3 aromatic rings. The summed E-state index contributed by atoms with van der Waals surface area (Å²) in [6, 6.07) is 16.8. The van der Waals surface area contributed by atoms with Gasteiger partial charge in [-0.2, -0.15) is 0 Å². The third kappa shape index (κ3) is 5.03. The molecule has 0 atom stereocenters. The van der Waals surface area contributed by atoms with E-state index in [9.17, 15) is 9.59 Å². The predicted octanol–water partition coefficient (Wildman–Crippen LogP) is 3.59. The molecule has 0 amide bonds. The van der Waals surface area contributed by atoms with Crippen molar-refractivity contribution in [3.63, 3.8) is 0 Å². The number of halogens is 1. The summed E-state index contributed by atoms with van der Waals surface area (Å²) >= 11 is 5.91. The summed E-state index contributed by atoms with van der Waals surface area (Å²) < 4.78 is 6.19. The van der Waals surface area contributed by atoms with Gasteiger partial charge < -0.3 is 4.74 Å². The molecule has 0 saturated carbocycles. The van der Waals surface area contributed by atoms with Gasteiger partial charge in [-0.05, 0) is 43.2 Å². The minimum Gasteiger partial charge on any atom is -0.469 e. The topological polar surface area (TPSA) is 76.5 Å². The van der Waals surface area contributed by atoms with Crippen molar-refractivity contribution in [3.8, 4) is 5.69 Å². The Kier molecular flexibility index (Phi) is 6.67. The first kappa shape index (κ1) is 20.6. The summed E-state index contributed by atoms with van der Waals surface area (Å²) in [6.07, 6.45) is 0.684. The van der Waals surface area contributed by atoms with Crippen molar-refractivity contribution in [2.24, 2.45) is 4.99 Å². The Morgan fingerprint density at radius 1 is 1.14 bits per heavy atom. The van der Waals surface area contributed by atoms with Crippen LogP contribution in [0.15, 0.2) is 64.4 Å². The van der Waals surface area contributed by atoms with E-state index in [4.69, 9.17) is 16.3 Å². The largest absolute Gasteiger partial charge is 0.469 e. The van der Waals surface area contributed by atoms with Gasteiger partial charge >= 0.3 is 5.97 Å². The van der Waals surface area contributed by atoms with Crippen molar-refractivity contribution in [2.45, 2.75) is 19.8 Å². The Hall–Kier alpha value is -3.12. The van der Waals surface area contributed by atoms with Crippen LogP contribution in [0.3, 0.4) is 0 Å². The number of esters is 1. The van der Waals surface area contributed by atoms with Crippen LogP contribution in [0.2, 0.25) is 5.02 Å². The van der Waals surface area contributed by atoms with E-state index in [1.165, 1.54) is 11.8 Å². The second-order valence-corrected chi connectivity index (χ2v) is 6.97. The van der Waals surface area contributed by atoms with Gasteiger partial charge in [0.2, 0.25) is 0 Å². The van der Waals surface area contributed by atoms with Crippen LogP contribution >= 0.6 is 11.6 Å². The molecule has 1 aromatic heterocycles. The first-order chi connectivity index (χ1) is 14.0. The number of ether oxygens (including phenoxy) is 1. The fourth-order valence-electron chi connectivity index (χ4n) is 3.04. The van der Waals surface area contributed by atoms with Crippen LogP contribution in [0.5, 0.6) is 0 Å². The van der Waals surface area contributed by atoms with Gasteiger partial charge in [0.1, 0.15) is 0 Å². The lowest BCUT2D eigenvalue weighted by Gasteiger charge is -2.03. The number of para-hydroxylation sites is 1. The maximum atomic E-state index is 13.1. The monoisotopic (exact) mass is 411 g/mol. The van der Waals surface area contributed by atoms with Gasteiger partial charge in [-0.15, -0.1) is 0 Å². The van der Waals surface area contributed by atoms with E-state index in [1.54, 1.807) is 6.92 Å². The minimum absolute atomic E-state index is 0.0368. The van der Waals surface area contributed by atoms with Crippen LogP contribution in [0.1, 0.15) is 23.7 Å². The Labute approximate surface area is 173 Å². The zero-order valence-corrected chi connectivity index (χ0v) is 17.1. The van der Waals surface area contributed by atoms with Crippen molar-refractivity contribution < 1.29 is 9.53 Å². The summed E-state index contributed by atoms with van der Waals surface area (Å²) in [7, 11) is 1.32. The number of carbonyl (C=O) groups excluding carboxylic acids is 1. The minimum atomic E-state index is -0.429. The molecule has 0 bridgehead atoms. The van der Waals surface area contributed by atoms with Crippen molar-refractivity contribution in [1.29, 1.82) is 0 Å². The zero-order chi connectivity index (χ0) is 20.8. The van der Waals surface area contributed by atoms with Crippen LogP contribution in [-0.2, 0) is 22.4 Å². The number of benzene rings is 2. The lowest BCUT2D eigenvalue weighted by molar-refractivity contribution is -0.139. The van der Waals surface area contributed by atoms with Crippen molar-refractivity contribution in [1.82, 2.24) is 9.78 Å². The van der Waals surface area contributed by atoms with E-state index in [0.29, 0.717) is 34.2 Å². The van der Waals surface area contributed by atoms with Crippen LogP contribution in [0, 0.1) is 0 Å². The van der Waals surface area contributed by atoms with Gasteiger partial charge in [-0.3, -0.25) is 19.7 Å². The molecule has 0 saturated heterocycles. The fraction of sp³-hybridized carbons (Fsp3) is 0.227. The third-order valence-electron chi connectivity index (χ3n) is 4.55. The Balaban J connectivity index is 1.90. The molecule has 2 aromatic carbocycles. The predicted molar refractivity (Wildman–Crippen MR) is 114 cm³/mol. The number of nitrogens with one attached hydrogen (secondary N) is 1. The SMILES string of the molecule is COC(=O)Cc1[nH]n(-c2ccccc2)c(=O)c1C(C)=NCCc1ccc(Cl)cc1. The summed E-state index contributed by atoms with van der Waals surface area (Å²) in [4.78, 5) is 29.5. The number of rotatable bonds is 7. The quantitative estimate of drug-likeness (QED) is 0.476. The molecule has 3 rings (SSSR count). The second-order valence-electron chi connectivity index (χ2n) is 6.54. The number of methoxy groups -OCH3 is 1. The third-order valence-corrected chi connectivity index (χ3v) is 4.81. The van der Waals surface area contributed by atoms with E-state index in [0.717, 1.165) is 12.0 Å². The maximum Gasteiger partial charge on any atom is 0.311 e. The smallest absolute Gasteiger partial charge is 0.311 e. The molecule has 150 valence electrons. The number of aliphatic imine (C=N–C) groups is 1. The molecule has 0 aliphatic heterocycles. The molecule has 1 heterocycles. The lowest BCUT2D eigenvalue weighted by atomic mass is 10.1. The van der Waals surface area contributed by atoms with E-state index in [1.807, 2.05) is 54.6 Å². The van der Waals surface area contributed by atoms with Gasteiger partial charge in [0.05, 0.1) is 30.5 Å². The van der Waals surface area contributed by atoms with E-state index >= 15 is 0 Å². The number of hydrogen-bond donors (Lipinski definition) is 1. The summed E-state index contributed by atoms with van der Waals surface area (Å²) in [5.74, 6) is -0.429. The number of nitrogens with zero attached hydrogens (tertiary/aromatic N) is 2. The van der Waals surface area contributed by atoms with E-state index in [-0.39, 0.29) is 12.0 Å². The molecule has 0 aliphatic rings. The highest BCUT2D eigenvalue weighted by atomic mass is 35.5. The Morgan fingerprint density at radius 3 is 2.48 bits per heavy atom. The van der Waals surface area contributed by atoms with Gasteiger partial charge in [0, 0.05) is 17.3 Å². The summed E-state index contributed by atoms with van der Waals surface area (Å²) in [5, 5.41) is 3.72. The van der Waals surface area contributed by atoms with Crippen LogP contribution in [-0.4, -0.2) is 35.1 Å². The number of aromatic nitrogens is 2. The van der Waals surface area contributed by atoms with Crippen molar-refractivity contribution >= 4 is 23.3 Å². The molecule has 0 radical (unpaired) electrons. The molecule has 29 heavy (non-hydrogen) atoms. The molecule has 0 aliphatic carbocycles. The van der Waals surface area contributed by atoms with Crippen LogP contribution in [0.25, 0.3) is 5.69 Å². The van der Waals surface area contributed by atoms with Gasteiger partial charge in [-0.1, -0.05) is 41.9 Å². The molecule has 0 unspecified atom stereocenters. The highest BCUT2D eigenvalue weighted by Crippen LogP contribution is 2.12. The Bertz CT molecular complexity index is 1070. The zero-order valence-electron chi connectivity index (χ0n) is 16.3. The second kappa shape index (κ2) is 9.39. The van der Waals surface area contributed by atoms with Gasteiger partial charge in [-0.25, -0.2) is 4.68 Å². The van der Waals surface area contributed by atoms with Crippen molar-refractivity contribution in [2.75, 3.05) is 13.7 Å². The standard InChI is InChI=1S/C22H22ClN3O3/c1-15(24-13-12-16-8-10-17(23)11-9-16)21-19(14-20(27)29-2)25-26(22(21)28)18-6-4-3-5-7-18/h3-11,25H,12-14H2,1-2H3.